The fraction of sp³-hybridized carbons (Fsp3) is 1.00. The SMILES string of the molecule is CC1CCC(CN)(N(C)S(=O)(=O)C(F)F)CC1. The summed E-state index contributed by atoms with van der Waals surface area (Å²) in [7, 11) is -3.33. The van der Waals surface area contributed by atoms with Crippen LogP contribution in [-0.4, -0.2) is 37.6 Å². The van der Waals surface area contributed by atoms with Crippen molar-refractivity contribution in [1.29, 1.82) is 0 Å². The van der Waals surface area contributed by atoms with E-state index in [1.54, 1.807) is 0 Å². The number of nitrogens with zero attached hydrogens (tertiary/aromatic N) is 1. The summed E-state index contributed by atoms with van der Waals surface area (Å²) < 4.78 is 48.9. The second-order valence-electron chi connectivity index (χ2n) is 4.88. The molecule has 0 bridgehead atoms. The molecule has 1 fully saturated rings. The van der Waals surface area contributed by atoms with Crippen molar-refractivity contribution in [3.63, 3.8) is 0 Å². The van der Waals surface area contributed by atoms with Crippen molar-refractivity contribution in [2.45, 2.75) is 43.9 Å². The second-order valence-corrected chi connectivity index (χ2v) is 6.82. The number of sulfonamides is 1. The van der Waals surface area contributed by atoms with Gasteiger partial charge in [0.1, 0.15) is 0 Å². The van der Waals surface area contributed by atoms with Crippen molar-refractivity contribution < 1.29 is 17.2 Å². The molecule has 0 aromatic heterocycles. The van der Waals surface area contributed by atoms with Crippen molar-refractivity contribution in [3.05, 3.63) is 0 Å². The van der Waals surface area contributed by atoms with Gasteiger partial charge in [-0.05, 0) is 31.6 Å². The Morgan fingerprint density at radius 1 is 1.41 bits per heavy atom. The average Bonchev–Trinajstić information content (AvgIpc) is 2.29. The Kier molecular flexibility index (Phi) is 4.49. The van der Waals surface area contributed by atoms with Gasteiger partial charge in [-0.1, -0.05) is 6.92 Å². The fourth-order valence-electron chi connectivity index (χ4n) is 2.34. The number of hydrogen-bond donors (Lipinski definition) is 1. The van der Waals surface area contributed by atoms with Crippen molar-refractivity contribution in [2.75, 3.05) is 13.6 Å². The molecule has 0 aromatic rings. The highest BCUT2D eigenvalue weighted by molar-refractivity contribution is 7.89. The van der Waals surface area contributed by atoms with E-state index >= 15 is 0 Å². The Morgan fingerprint density at radius 3 is 2.24 bits per heavy atom. The van der Waals surface area contributed by atoms with Crippen LogP contribution < -0.4 is 5.73 Å². The van der Waals surface area contributed by atoms with Gasteiger partial charge in [0.15, 0.2) is 0 Å². The van der Waals surface area contributed by atoms with E-state index in [2.05, 4.69) is 6.92 Å². The summed E-state index contributed by atoms with van der Waals surface area (Å²) in [5, 5.41) is 0. The van der Waals surface area contributed by atoms with Gasteiger partial charge >= 0.3 is 5.76 Å². The summed E-state index contributed by atoms with van der Waals surface area (Å²) in [6.07, 6.45) is 2.74. The van der Waals surface area contributed by atoms with Gasteiger partial charge in [0.05, 0.1) is 0 Å². The highest BCUT2D eigenvalue weighted by Crippen LogP contribution is 2.37. The summed E-state index contributed by atoms with van der Waals surface area (Å²) in [5.41, 5.74) is 4.80. The third kappa shape index (κ3) is 2.77. The quantitative estimate of drug-likeness (QED) is 0.839. The number of nitrogens with two attached hydrogens (primary N) is 1. The van der Waals surface area contributed by atoms with E-state index in [4.69, 9.17) is 5.73 Å². The number of halogens is 2. The molecule has 2 N–H and O–H groups in total. The first kappa shape index (κ1) is 14.8. The van der Waals surface area contributed by atoms with Crippen LogP contribution in [0.5, 0.6) is 0 Å². The topological polar surface area (TPSA) is 63.4 Å². The van der Waals surface area contributed by atoms with Crippen LogP contribution in [0.4, 0.5) is 8.78 Å². The van der Waals surface area contributed by atoms with Gasteiger partial charge in [-0.3, -0.25) is 0 Å². The zero-order valence-corrected chi connectivity index (χ0v) is 11.0. The predicted molar refractivity (Wildman–Crippen MR) is 62.1 cm³/mol. The maximum atomic E-state index is 12.5. The number of hydrogen-bond acceptors (Lipinski definition) is 3. The summed E-state index contributed by atoms with van der Waals surface area (Å²) in [6.45, 7) is 2.16. The van der Waals surface area contributed by atoms with Crippen molar-refractivity contribution in [3.8, 4) is 0 Å². The molecule has 7 heteroatoms. The lowest BCUT2D eigenvalue weighted by Crippen LogP contribution is -2.57. The number of likely N-dealkylation sites (N-methyl/N-ethyl adjacent to an activating group) is 1. The Morgan fingerprint density at radius 2 is 1.88 bits per heavy atom. The average molecular weight is 270 g/mol. The van der Waals surface area contributed by atoms with E-state index in [-0.39, 0.29) is 6.54 Å². The van der Waals surface area contributed by atoms with Crippen LogP contribution in [0.1, 0.15) is 32.6 Å². The van der Waals surface area contributed by atoms with Crippen LogP contribution in [0.15, 0.2) is 0 Å². The summed E-state index contributed by atoms with van der Waals surface area (Å²) in [6, 6.07) is 0. The van der Waals surface area contributed by atoms with Crippen LogP contribution in [0.25, 0.3) is 0 Å². The maximum absolute atomic E-state index is 12.5. The summed E-state index contributed by atoms with van der Waals surface area (Å²) >= 11 is 0. The van der Waals surface area contributed by atoms with Gasteiger partial charge in [-0.2, -0.15) is 13.1 Å². The van der Waals surface area contributed by atoms with Gasteiger partial charge in [-0.15, -0.1) is 0 Å². The molecule has 1 aliphatic carbocycles. The van der Waals surface area contributed by atoms with Gasteiger partial charge < -0.3 is 5.73 Å². The molecule has 0 unspecified atom stereocenters. The van der Waals surface area contributed by atoms with Gasteiger partial charge in [-0.25, -0.2) is 8.42 Å². The third-order valence-electron chi connectivity index (χ3n) is 3.86. The van der Waals surface area contributed by atoms with Crippen LogP contribution in [0.2, 0.25) is 0 Å². The molecule has 0 aromatic carbocycles. The van der Waals surface area contributed by atoms with E-state index in [9.17, 15) is 17.2 Å². The zero-order valence-electron chi connectivity index (χ0n) is 10.2. The normalized spacial score (nSPS) is 31.1. The van der Waals surface area contributed by atoms with Crippen LogP contribution in [0, 0.1) is 5.92 Å². The molecule has 0 aliphatic heterocycles. The standard InChI is InChI=1S/C10H20F2N2O2S/c1-8-3-5-10(7-13,6-4-8)14(2)17(15,16)9(11)12/h8-9H,3-7,13H2,1-2H3. The predicted octanol–water partition coefficient (Wildman–Crippen LogP) is 1.38. The minimum Gasteiger partial charge on any atom is -0.329 e. The minimum absolute atomic E-state index is 0.0855. The van der Waals surface area contributed by atoms with Crippen LogP contribution in [-0.2, 0) is 10.0 Å². The van der Waals surface area contributed by atoms with E-state index in [0.29, 0.717) is 18.8 Å². The van der Waals surface area contributed by atoms with E-state index in [1.165, 1.54) is 7.05 Å². The highest BCUT2D eigenvalue weighted by Gasteiger charge is 2.45. The molecule has 0 heterocycles. The largest absolute Gasteiger partial charge is 0.350 e. The first-order chi connectivity index (χ1) is 7.76. The third-order valence-corrected chi connectivity index (χ3v) is 5.46. The molecule has 0 amide bonds. The number of alkyl halides is 2. The lowest BCUT2D eigenvalue weighted by Gasteiger charge is -2.44. The van der Waals surface area contributed by atoms with Crippen molar-refractivity contribution in [1.82, 2.24) is 4.31 Å². The molecule has 102 valence electrons. The molecule has 1 aliphatic rings. The second kappa shape index (κ2) is 5.16. The Labute approximate surface area is 101 Å². The first-order valence-corrected chi connectivity index (χ1v) is 7.22. The highest BCUT2D eigenvalue weighted by atomic mass is 32.2. The smallest absolute Gasteiger partial charge is 0.329 e. The number of rotatable bonds is 4. The molecule has 4 nitrogen and oxygen atoms in total. The molecule has 0 radical (unpaired) electrons. The van der Waals surface area contributed by atoms with Crippen molar-refractivity contribution >= 4 is 10.0 Å². The molecule has 1 rings (SSSR count). The van der Waals surface area contributed by atoms with Crippen LogP contribution in [0.3, 0.4) is 0 Å². The molecular weight excluding hydrogens is 250 g/mol. The van der Waals surface area contributed by atoms with E-state index in [0.717, 1.165) is 17.1 Å². The van der Waals surface area contributed by atoms with Crippen LogP contribution >= 0.6 is 0 Å². The summed E-state index contributed by atoms with van der Waals surface area (Å²) in [5.74, 6) is -2.88. The van der Waals surface area contributed by atoms with E-state index in [1.807, 2.05) is 0 Å². The molecule has 17 heavy (non-hydrogen) atoms. The van der Waals surface area contributed by atoms with E-state index < -0.39 is 21.3 Å². The molecule has 1 saturated carbocycles. The zero-order chi connectivity index (χ0) is 13.3. The maximum Gasteiger partial charge on any atom is 0.350 e. The Balaban J connectivity index is 2.95. The lowest BCUT2D eigenvalue weighted by atomic mass is 9.77. The van der Waals surface area contributed by atoms with Gasteiger partial charge in [0, 0.05) is 19.1 Å². The van der Waals surface area contributed by atoms with Gasteiger partial charge in [0.2, 0.25) is 0 Å². The first-order valence-electron chi connectivity index (χ1n) is 5.72. The molecule has 0 saturated heterocycles. The van der Waals surface area contributed by atoms with Gasteiger partial charge in [0.25, 0.3) is 10.0 Å². The minimum atomic E-state index is -4.54. The molecule has 0 atom stereocenters. The fourth-order valence-corrected chi connectivity index (χ4v) is 3.37. The Bertz CT molecular complexity index is 351. The lowest BCUT2D eigenvalue weighted by molar-refractivity contribution is 0.122. The molecule has 0 spiro atoms. The summed E-state index contributed by atoms with van der Waals surface area (Å²) in [4.78, 5) is 0. The molecular formula is C10H20F2N2O2S. The Hall–Kier alpha value is -0.270. The van der Waals surface area contributed by atoms with Crippen molar-refractivity contribution in [2.24, 2.45) is 11.7 Å². The monoisotopic (exact) mass is 270 g/mol.